The molecule has 0 radical (unpaired) electrons. The number of hydrogen-bond donors (Lipinski definition) is 2. The number of ketones is 2. The number of halogens is 6. The zero-order chi connectivity index (χ0) is 27.5. The molecule has 11 heteroatoms. The lowest BCUT2D eigenvalue weighted by molar-refractivity contribution is -0.917. The lowest BCUT2D eigenvalue weighted by Crippen LogP contribution is -3.14. The molecule has 0 bridgehead atoms. The van der Waals surface area contributed by atoms with Crippen molar-refractivity contribution in [3.63, 3.8) is 0 Å². The van der Waals surface area contributed by atoms with Crippen LogP contribution in [0.2, 0.25) is 0 Å². The summed E-state index contributed by atoms with van der Waals surface area (Å²) in [6, 6.07) is 3.81. The molecule has 0 amide bonds. The number of Topliss-reactive ketones (excluding diaryl/α,β-unsaturated/α-hetero) is 2. The van der Waals surface area contributed by atoms with Crippen LogP contribution in [0.5, 0.6) is 0 Å². The van der Waals surface area contributed by atoms with Crippen LogP contribution in [-0.2, 0) is 14.4 Å². The Bertz CT molecular complexity index is 1030. The minimum absolute atomic E-state index is 0.0963. The predicted molar refractivity (Wildman–Crippen MR) is 117 cm³/mol. The minimum Gasteiger partial charge on any atom is -0.475 e. The van der Waals surface area contributed by atoms with E-state index < -0.39 is 36.2 Å². The number of likely N-dealkylation sites (tertiary alicyclic amines) is 1. The zero-order valence-corrected chi connectivity index (χ0v) is 20.1. The summed E-state index contributed by atoms with van der Waals surface area (Å²) in [5, 5.41) is 7.12. The van der Waals surface area contributed by atoms with Crippen LogP contribution in [0.3, 0.4) is 0 Å². The van der Waals surface area contributed by atoms with Gasteiger partial charge >= 0.3 is 18.3 Å². The van der Waals surface area contributed by atoms with Crippen molar-refractivity contribution in [3.05, 3.63) is 34.4 Å². The fourth-order valence-electron chi connectivity index (χ4n) is 5.10. The monoisotopic (exact) mass is 520 g/mol. The van der Waals surface area contributed by atoms with Gasteiger partial charge in [-0.3, -0.25) is 9.59 Å². The van der Waals surface area contributed by atoms with Crippen molar-refractivity contribution >= 4 is 17.5 Å². The molecule has 1 aromatic rings. The first-order chi connectivity index (χ1) is 16.5. The highest BCUT2D eigenvalue weighted by atomic mass is 19.4. The first-order valence-electron chi connectivity index (χ1n) is 11.3. The van der Waals surface area contributed by atoms with E-state index in [1.165, 1.54) is 0 Å². The fraction of sp³-hybridized carbons (Fsp3) is 0.560. The number of carbonyl (C=O) groups excluding carboxylic acids is 2. The molecule has 198 valence electrons. The molecule has 1 aliphatic heterocycles. The third-order valence-electron chi connectivity index (χ3n) is 6.60. The Morgan fingerprint density at radius 1 is 1.03 bits per heavy atom. The number of carboxylic acid groups (broad SMARTS) is 1. The number of rotatable bonds is 2. The Hall–Kier alpha value is -2.87. The summed E-state index contributed by atoms with van der Waals surface area (Å²) in [5.41, 5.74) is 2.94. The van der Waals surface area contributed by atoms with E-state index in [1.807, 2.05) is 26.0 Å². The number of benzene rings is 1. The molecular formula is C25H28F6NO4+. The number of aliphatic carboxylic acids is 1. The van der Waals surface area contributed by atoms with Gasteiger partial charge in [-0.05, 0) is 55.0 Å². The molecule has 3 rings (SSSR count). The average Bonchev–Trinajstić information content (AvgIpc) is 2.70. The van der Waals surface area contributed by atoms with Crippen LogP contribution in [-0.4, -0.2) is 54.6 Å². The van der Waals surface area contributed by atoms with Crippen molar-refractivity contribution in [1.29, 1.82) is 0 Å². The molecule has 0 unspecified atom stereocenters. The number of quaternary nitrogens is 1. The van der Waals surface area contributed by atoms with Crippen molar-refractivity contribution in [2.45, 2.75) is 64.7 Å². The number of nitrogens with one attached hydrogen (secondary N) is 1. The van der Waals surface area contributed by atoms with Gasteiger partial charge in [0.05, 0.1) is 13.1 Å². The summed E-state index contributed by atoms with van der Waals surface area (Å²) in [6.07, 6.45) is -7.74. The summed E-state index contributed by atoms with van der Waals surface area (Å²) < 4.78 is 69.7. The largest absolute Gasteiger partial charge is 0.490 e. The van der Waals surface area contributed by atoms with Gasteiger partial charge in [0.2, 0.25) is 0 Å². The minimum atomic E-state index is -5.08. The third-order valence-corrected chi connectivity index (χ3v) is 6.60. The van der Waals surface area contributed by atoms with Crippen molar-refractivity contribution in [1.82, 2.24) is 0 Å². The maximum atomic E-state index is 13.1. The molecule has 1 saturated heterocycles. The van der Waals surface area contributed by atoms with E-state index >= 15 is 0 Å². The van der Waals surface area contributed by atoms with Gasteiger partial charge in [-0.1, -0.05) is 5.92 Å². The number of hydrogen-bond acceptors (Lipinski definition) is 3. The summed E-state index contributed by atoms with van der Waals surface area (Å²) in [7, 11) is 0. The topological polar surface area (TPSA) is 75.9 Å². The Kier molecular flexibility index (Phi) is 9.00. The van der Waals surface area contributed by atoms with Crippen LogP contribution in [0.4, 0.5) is 26.3 Å². The standard InChI is InChI=1S/C23H26F3NO2.C2HF3O2/c1-4-5-17-10-15(2)20(16(3)11-17)21-18(28)12-22(13-19(21)29)6-8-27(9-7-22)14-23(24,25)26;3-2(4,5)1(6)7/h10-11,21H,6-9,12-14H2,1-3H3;(H,6,7)/p+1. The molecule has 1 heterocycles. The number of aryl methyl sites for hydroxylation is 2. The lowest BCUT2D eigenvalue weighted by atomic mass is 9.62. The molecule has 36 heavy (non-hydrogen) atoms. The molecule has 0 aromatic heterocycles. The first kappa shape index (κ1) is 29.4. The molecule has 1 aliphatic carbocycles. The zero-order valence-electron chi connectivity index (χ0n) is 20.1. The van der Waals surface area contributed by atoms with E-state index in [2.05, 4.69) is 11.8 Å². The van der Waals surface area contributed by atoms with Crippen LogP contribution in [0.1, 0.15) is 60.8 Å². The molecule has 2 fully saturated rings. The highest BCUT2D eigenvalue weighted by Crippen LogP contribution is 2.45. The van der Waals surface area contributed by atoms with E-state index in [0.717, 1.165) is 22.3 Å². The molecule has 0 atom stereocenters. The highest BCUT2D eigenvalue weighted by Gasteiger charge is 2.49. The van der Waals surface area contributed by atoms with Crippen LogP contribution in [0.15, 0.2) is 12.1 Å². The Morgan fingerprint density at radius 2 is 1.47 bits per heavy atom. The van der Waals surface area contributed by atoms with Crippen LogP contribution < -0.4 is 4.90 Å². The summed E-state index contributed by atoms with van der Waals surface area (Å²) in [5.74, 6) is 2.15. The Morgan fingerprint density at radius 3 is 1.83 bits per heavy atom. The number of carboxylic acids is 1. The normalized spacial score (nSPS) is 24.5. The smallest absolute Gasteiger partial charge is 0.475 e. The summed E-state index contributed by atoms with van der Waals surface area (Å²) in [6.45, 7) is 5.41. The van der Waals surface area contributed by atoms with Crippen LogP contribution in [0.25, 0.3) is 0 Å². The van der Waals surface area contributed by atoms with Crippen molar-refractivity contribution in [3.8, 4) is 11.8 Å². The third kappa shape index (κ3) is 7.56. The van der Waals surface area contributed by atoms with E-state index in [1.54, 1.807) is 6.92 Å². The molecule has 1 aromatic carbocycles. The van der Waals surface area contributed by atoms with Crippen LogP contribution >= 0.6 is 0 Å². The Labute approximate surface area is 204 Å². The van der Waals surface area contributed by atoms with Crippen LogP contribution in [0, 0.1) is 31.1 Å². The second kappa shape index (κ2) is 11.0. The van der Waals surface area contributed by atoms with Gasteiger partial charge < -0.3 is 10.0 Å². The maximum Gasteiger partial charge on any atom is 0.490 e. The maximum absolute atomic E-state index is 13.1. The molecule has 1 spiro atoms. The fourth-order valence-corrected chi connectivity index (χ4v) is 5.10. The molecule has 1 saturated carbocycles. The van der Waals surface area contributed by atoms with Gasteiger partial charge in [0.15, 0.2) is 6.54 Å². The van der Waals surface area contributed by atoms with E-state index in [4.69, 9.17) is 9.90 Å². The summed E-state index contributed by atoms with van der Waals surface area (Å²) >= 11 is 0. The first-order valence-corrected chi connectivity index (χ1v) is 11.3. The van der Waals surface area contributed by atoms with E-state index in [0.29, 0.717) is 30.8 Å². The highest BCUT2D eigenvalue weighted by molar-refractivity contribution is 6.10. The quantitative estimate of drug-likeness (QED) is 0.356. The van der Waals surface area contributed by atoms with Gasteiger partial charge in [-0.2, -0.15) is 26.3 Å². The molecule has 2 aliphatic rings. The van der Waals surface area contributed by atoms with Gasteiger partial charge in [-0.25, -0.2) is 4.79 Å². The lowest BCUT2D eigenvalue weighted by Gasteiger charge is -2.43. The second-order valence-electron chi connectivity index (χ2n) is 9.46. The van der Waals surface area contributed by atoms with Gasteiger partial charge in [-0.15, -0.1) is 5.92 Å². The van der Waals surface area contributed by atoms with Gasteiger partial charge in [0, 0.05) is 31.2 Å². The van der Waals surface area contributed by atoms with Crippen molar-refractivity contribution in [2.75, 3.05) is 19.6 Å². The molecular weight excluding hydrogens is 492 g/mol. The van der Waals surface area contributed by atoms with E-state index in [-0.39, 0.29) is 24.4 Å². The van der Waals surface area contributed by atoms with Crippen molar-refractivity contribution in [2.24, 2.45) is 5.41 Å². The number of piperidine rings is 1. The van der Waals surface area contributed by atoms with Gasteiger partial charge in [0.1, 0.15) is 17.5 Å². The SMILES string of the molecule is CC#Cc1cc(C)c(C2C(=O)CC3(CC[NH+](CC(F)(F)F)CC3)CC2=O)c(C)c1.O=C(O)C(F)(F)F. The second-order valence-corrected chi connectivity index (χ2v) is 9.46. The van der Waals surface area contributed by atoms with Gasteiger partial charge in [0.25, 0.3) is 0 Å². The number of carbonyl (C=O) groups is 3. The van der Waals surface area contributed by atoms with E-state index in [9.17, 15) is 35.9 Å². The summed E-state index contributed by atoms with van der Waals surface area (Å²) in [4.78, 5) is 35.5. The predicted octanol–water partition coefficient (Wildman–Crippen LogP) is 3.55. The Balaban J connectivity index is 0.000000572. The molecule has 5 nitrogen and oxygen atoms in total. The average molecular weight is 520 g/mol. The molecule has 2 N–H and O–H groups in total. The number of alkyl halides is 6. The van der Waals surface area contributed by atoms with Crippen molar-refractivity contribution < 1.29 is 50.7 Å².